The number of rotatable bonds is 4. The molecule has 5 heteroatoms. The monoisotopic (exact) mass is 586 g/mol. The summed E-state index contributed by atoms with van der Waals surface area (Å²) in [4.78, 5) is 0. The molecule has 0 saturated carbocycles. The highest BCUT2D eigenvalue weighted by Crippen LogP contribution is 2.56. The van der Waals surface area contributed by atoms with E-state index in [0.29, 0.717) is 6.54 Å². The molecule has 224 valence electrons. The lowest BCUT2D eigenvalue weighted by molar-refractivity contribution is -0.750. The summed E-state index contributed by atoms with van der Waals surface area (Å²) in [5.74, 6) is -0.125. The van der Waals surface area contributed by atoms with Crippen molar-refractivity contribution in [3.05, 3.63) is 113 Å². The number of pyridine rings is 2. The fourth-order valence-corrected chi connectivity index (χ4v) is 7.77. The van der Waals surface area contributed by atoms with Crippen LogP contribution in [0.4, 0.5) is 4.39 Å². The first-order valence-corrected chi connectivity index (χ1v) is 15.7. The van der Waals surface area contributed by atoms with Crippen LogP contribution in [0.25, 0.3) is 33.4 Å². The van der Waals surface area contributed by atoms with Crippen LogP contribution in [-0.4, -0.2) is 9.78 Å². The number of aromatic nitrogens is 4. The van der Waals surface area contributed by atoms with Crippen LogP contribution in [0.3, 0.4) is 0 Å². The molecule has 5 aromatic rings. The second-order valence-electron chi connectivity index (χ2n) is 15.0. The van der Waals surface area contributed by atoms with E-state index < -0.39 is 11.0 Å². The van der Waals surface area contributed by atoms with Gasteiger partial charge in [0.1, 0.15) is 11.5 Å². The van der Waals surface area contributed by atoms with E-state index in [1.54, 1.807) is 6.07 Å². The number of halogens is 1. The highest BCUT2D eigenvalue weighted by atomic mass is 19.1. The van der Waals surface area contributed by atoms with Gasteiger partial charge in [-0.05, 0) is 60.7 Å². The Balaban J connectivity index is 1.38. The van der Waals surface area contributed by atoms with Gasteiger partial charge < -0.3 is 0 Å². The number of hydrogen-bond donors (Lipinski definition) is 0. The molecule has 0 bridgehead atoms. The molecule has 1 aliphatic carbocycles. The predicted octanol–water partition coefficient (Wildman–Crippen LogP) is 7.82. The van der Waals surface area contributed by atoms with E-state index in [2.05, 4.69) is 138 Å². The number of aryl methyl sites for hydroxylation is 1. The van der Waals surface area contributed by atoms with Crippen molar-refractivity contribution in [2.24, 2.45) is 7.05 Å². The Hall–Kier alpha value is -4.12. The summed E-state index contributed by atoms with van der Waals surface area (Å²) >= 11 is 0. The van der Waals surface area contributed by atoms with Crippen LogP contribution in [0.5, 0.6) is 0 Å². The minimum Gasteiger partial charge on any atom is -0.262 e. The molecule has 1 aliphatic heterocycles. The van der Waals surface area contributed by atoms with Crippen LogP contribution in [0, 0.1) is 5.82 Å². The Morgan fingerprint density at radius 3 is 2.41 bits per heavy atom. The molecule has 4 heterocycles. The van der Waals surface area contributed by atoms with Gasteiger partial charge in [0.2, 0.25) is 11.4 Å². The first-order valence-electron chi connectivity index (χ1n) is 15.7. The normalized spacial score (nSPS) is 19.6. The first-order chi connectivity index (χ1) is 20.7. The average molecular weight is 587 g/mol. The Labute approximate surface area is 260 Å². The smallest absolute Gasteiger partial charge is 0.231 e. The summed E-state index contributed by atoms with van der Waals surface area (Å²) in [6.45, 7) is 18.6. The van der Waals surface area contributed by atoms with Crippen molar-refractivity contribution in [2.45, 2.75) is 83.7 Å². The third-order valence-electron chi connectivity index (χ3n) is 10.7. The van der Waals surface area contributed by atoms with Crippen molar-refractivity contribution in [2.75, 3.05) is 0 Å². The van der Waals surface area contributed by atoms with Crippen molar-refractivity contribution < 1.29 is 13.5 Å². The van der Waals surface area contributed by atoms with Gasteiger partial charge in [-0.1, -0.05) is 58.9 Å². The Kier molecular flexibility index (Phi) is 5.99. The number of benzene rings is 2. The van der Waals surface area contributed by atoms with E-state index in [9.17, 15) is 0 Å². The molecule has 0 spiro atoms. The van der Waals surface area contributed by atoms with E-state index in [0.717, 1.165) is 33.9 Å². The van der Waals surface area contributed by atoms with E-state index in [1.165, 1.54) is 21.9 Å². The van der Waals surface area contributed by atoms with Crippen LogP contribution in [0.2, 0.25) is 0 Å². The standard InChI is InChI=1S/C39H43FN4/c1-36(2,3)31-24-30(42(9)41-31)29-16-10-11-21-43(29)22-13-20-39(8)38(6,7)27-17-18-28(40)34-33(27)35-32-25(19-23-44(35)39)14-12-15-26(32)37(34,4)5/h10-21,23-24H,22H2,1-9H3/q+2/b20-13+. The van der Waals surface area contributed by atoms with Crippen LogP contribution in [-0.2, 0) is 35.4 Å². The molecule has 1 unspecified atom stereocenters. The number of nitrogens with zero attached hydrogens (tertiary/aromatic N) is 4. The second-order valence-corrected chi connectivity index (χ2v) is 15.0. The van der Waals surface area contributed by atoms with Crippen molar-refractivity contribution in [3.63, 3.8) is 0 Å². The second kappa shape index (κ2) is 9.20. The van der Waals surface area contributed by atoms with Crippen LogP contribution in [0.1, 0.15) is 77.8 Å². The molecule has 7 rings (SSSR count). The maximum atomic E-state index is 15.9. The zero-order valence-corrected chi connectivity index (χ0v) is 27.5. The molecule has 1 atom stereocenters. The predicted molar refractivity (Wildman–Crippen MR) is 175 cm³/mol. The lowest BCUT2D eigenvalue weighted by Crippen LogP contribution is -2.66. The molecule has 0 saturated heterocycles. The van der Waals surface area contributed by atoms with Gasteiger partial charge in [-0.3, -0.25) is 4.68 Å². The fourth-order valence-electron chi connectivity index (χ4n) is 7.77. The van der Waals surface area contributed by atoms with Gasteiger partial charge >= 0.3 is 0 Å². The zero-order chi connectivity index (χ0) is 31.4. The highest BCUT2D eigenvalue weighted by molar-refractivity contribution is 6.01. The van der Waals surface area contributed by atoms with E-state index in [-0.39, 0.29) is 16.6 Å². The molecule has 4 nitrogen and oxygen atoms in total. The first kappa shape index (κ1) is 28.6. The molecule has 0 fully saturated rings. The van der Waals surface area contributed by atoms with Gasteiger partial charge in [0.15, 0.2) is 24.5 Å². The summed E-state index contributed by atoms with van der Waals surface area (Å²) in [5.41, 5.74) is 7.51. The van der Waals surface area contributed by atoms with Crippen LogP contribution < -0.4 is 9.13 Å². The van der Waals surface area contributed by atoms with Gasteiger partial charge in [0.25, 0.3) is 0 Å². The van der Waals surface area contributed by atoms with Crippen molar-refractivity contribution in [1.29, 1.82) is 0 Å². The molecule has 0 amide bonds. The molecule has 0 radical (unpaired) electrons. The summed E-state index contributed by atoms with van der Waals surface area (Å²) in [6.07, 6.45) is 9.03. The average Bonchev–Trinajstić information content (AvgIpc) is 3.36. The van der Waals surface area contributed by atoms with Crippen molar-refractivity contribution in [1.82, 2.24) is 9.78 Å². The Morgan fingerprint density at radius 2 is 1.68 bits per heavy atom. The maximum absolute atomic E-state index is 15.9. The van der Waals surface area contributed by atoms with Gasteiger partial charge in [-0.15, -0.1) is 0 Å². The van der Waals surface area contributed by atoms with Crippen molar-refractivity contribution >= 4 is 10.8 Å². The highest BCUT2D eigenvalue weighted by Gasteiger charge is 2.57. The SMILES string of the molecule is Cn1nc(C(C)(C)C)cc1-c1cccc[n+]1C/C=C/C1(C)[n+]2ccc3cccc4c3c2-c2c(ccc(F)c2C4(C)C)C1(C)C. The zero-order valence-electron chi connectivity index (χ0n) is 27.5. The van der Waals surface area contributed by atoms with E-state index in [1.807, 2.05) is 17.8 Å². The summed E-state index contributed by atoms with van der Waals surface area (Å²) in [7, 11) is 2.02. The maximum Gasteiger partial charge on any atom is 0.231 e. The number of hydrogen-bond acceptors (Lipinski definition) is 1. The molecule has 2 aromatic carbocycles. The van der Waals surface area contributed by atoms with Crippen LogP contribution in [0.15, 0.2) is 85.2 Å². The van der Waals surface area contributed by atoms with E-state index >= 15 is 4.39 Å². The van der Waals surface area contributed by atoms with Gasteiger partial charge in [-0.2, -0.15) is 14.2 Å². The third-order valence-corrected chi connectivity index (χ3v) is 10.7. The minimum absolute atomic E-state index is 0.0256. The van der Waals surface area contributed by atoms with Crippen LogP contribution >= 0.6 is 0 Å². The molecule has 3 aromatic heterocycles. The lowest BCUT2D eigenvalue weighted by atomic mass is 9.59. The molecular weight excluding hydrogens is 543 g/mol. The van der Waals surface area contributed by atoms with Gasteiger partial charge in [0.05, 0.1) is 22.1 Å². The molecule has 44 heavy (non-hydrogen) atoms. The molecular formula is C39H43FN4+2. The Morgan fingerprint density at radius 1 is 0.909 bits per heavy atom. The topological polar surface area (TPSA) is 25.6 Å². The largest absolute Gasteiger partial charge is 0.262 e. The summed E-state index contributed by atoms with van der Waals surface area (Å²) in [6, 6.07) is 21.0. The summed E-state index contributed by atoms with van der Waals surface area (Å²) in [5, 5.41) is 7.27. The Bertz CT molecular complexity index is 2020. The quantitative estimate of drug-likeness (QED) is 0.156. The summed E-state index contributed by atoms with van der Waals surface area (Å²) < 4.78 is 22.6. The van der Waals surface area contributed by atoms with E-state index in [4.69, 9.17) is 5.10 Å². The lowest BCUT2D eigenvalue weighted by Gasteiger charge is -2.46. The molecule has 2 aliphatic rings. The minimum atomic E-state index is -0.445. The third kappa shape index (κ3) is 3.77. The van der Waals surface area contributed by atoms with Gasteiger partial charge in [-0.25, -0.2) is 4.39 Å². The molecule has 0 N–H and O–H groups in total. The number of allylic oxidation sites excluding steroid dienone is 2. The van der Waals surface area contributed by atoms with Gasteiger partial charge in [0, 0.05) is 48.6 Å². The fraction of sp³-hybridized carbons (Fsp3) is 0.359. The van der Waals surface area contributed by atoms with Crippen molar-refractivity contribution in [3.8, 4) is 22.6 Å².